The Balaban J connectivity index is 1.07. The van der Waals surface area contributed by atoms with Crippen LogP contribution >= 0.6 is 0 Å². The Morgan fingerprint density at radius 2 is 1.79 bits per heavy atom. The van der Waals surface area contributed by atoms with Crippen LogP contribution in [-0.2, 0) is 10.2 Å². The molecule has 4 bridgehead atoms. The van der Waals surface area contributed by atoms with E-state index in [9.17, 15) is 9.18 Å². The Bertz CT molecular complexity index is 1420. The second kappa shape index (κ2) is 7.95. The van der Waals surface area contributed by atoms with Crippen LogP contribution in [-0.4, -0.2) is 38.2 Å². The molecule has 39 heavy (non-hydrogen) atoms. The van der Waals surface area contributed by atoms with Crippen molar-refractivity contribution in [2.45, 2.75) is 94.6 Å². The van der Waals surface area contributed by atoms with E-state index in [1.807, 2.05) is 30.0 Å². The minimum Gasteiger partial charge on any atom is -0.339 e. The molecule has 0 atom stereocenters. The highest BCUT2D eigenvalue weighted by Crippen LogP contribution is 2.70. The molecule has 0 aliphatic heterocycles. The van der Waals surface area contributed by atoms with E-state index in [1.54, 1.807) is 12.4 Å². The second-order valence-corrected chi connectivity index (χ2v) is 13.5. The SMILES string of the molecule is Cc1cnc(-c2cccc(N(CC34CCC(c5nc(C6CC6)no5)(CC3)CC4)C(=O)C34CC(F)(C3)C4)c2)cn1. The van der Waals surface area contributed by atoms with Crippen molar-refractivity contribution in [3.8, 4) is 11.3 Å². The fourth-order valence-electron chi connectivity index (χ4n) is 7.95. The molecule has 7 saturated carbocycles. The number of halogens is 1. The molecule has 1 aromatic carbocycles. The van der Waals surface area contributed by atoms with Crippen LogP contribution < -0.4 is 4.90 Å². The van der Waals surface area contributed by atoms with E-state index in [0.717, 1.165) is 72.9 Å². The van der Waals surface area contributed by atoms with Gasteiger partial charge in [-0.1, -0.05) is 17.3 Å². The van der Waals surface area contributed by atoms with E-state index in [4.69, 9.17) is 9.51 Å². The van der Waals surface area contributed by atoms with Crippen molar-refractivity contribution in [1.29, 1.82) is 0 Å². The molecule has 2 heterocycles. The summed E-state index contributed by atoms with van der Waals surface area (Å²) in [6.07, 6.45) is 13.1. The highest BCUT2D eigenvalue weighted by molar-refractivity contribution is 6.00. The van der Waals surface area contributed by atoms with Crippen molar-refractivity contribution in [2.24, 2.45) is 10.8 Å². The summed E-state index contributed by atoms with van der Waals surface area (Å²) in [5.74, 6) is 2.31. The first-order chi connectivity index (χ1) is 18.8. The lowest BCUT2D eigenvalue weighted by molar-refractivity contribution is -0.211. The van der Waals surface area contributed by atoms with Gasteiger partial charge in [0.1, 0.15) is 5.67 Å². The molecular weight excluding hydrogens is 493 g/mol. The van der Waals surface area contributed by atoms with Gasteiger partial charge >= 0.3 is 0 Å². The topological polar surface area (TPSA) is 85.0 Å². The first-order valence-electron chi connectivity index (χ1n) is 14.5. The number of aryl methyl sites for hydroxylation is 1. The minimum absolute atomic E-state index is 0.0186. The normalized spacial score (nSPS) is 34.3. The maximum Gasteiger partial charge on any atom is 0.233 e. The summed E-state index contributed by atoms with van der Waals surface area (Å²) in [7, 11) is 0. The molecular formula is C31H34FN5O2. The predicted octanol–water partition coefficient (Wildman–Crippen LogP) is 6.23. The highest BCUT2D eigenvalue weighted by Gasteiger charge is 2.73. The zero-order valence-electron chi connectivity index (χ0n) is 22.5. The van der Waals surface area contributed by atoms with E-state index >= 15 is 0 Å². The van der Waals surface area contributed by atoms with Crippen molar-refractivity contribution in [1.82, 2.24) is 20.1 Å². The fourth-order valence-corrected chi connectivity index (χ4v) is 7.95. The van der Waals surface area contributed by atoms with Gasteiger partial charge in [0.05, 0.1) is 23.0 Å². The summed E-state index contributed by atoms with van der Waals surface area (Å²) in [6.45, 7) is 2.59. The van der Waals surface area contributed by atoms with Crippen LogP contribution in [0.15, 0.2) is 41.2 Å². The summed E-state index contributed by atoms with van der Waals surface area (Å²) in [5.41, 5.74) is 1.85. The first kappa shape index (κ1) is 23.7. The first-order valence-corrected chi connectivity index (χ1v) is 14.5. The molecule has 7 aliphatic carbocycles. The van der Waals surface area contributed by atoms with Crippen LogP contribution in [0, 0.1) is 17.8 Å². The number of carbonyl (C=O) groups excluding carboxylic acids is 1. The summed E-state index contributed by atoms with van der Waals surface area (Å²) >= 11 is 0. The standard InChI is InChI=1S/C31H34FN5O2/c1-20-14-34-24(15-33-20)22-3-2-4-23(13-22)37(27(38)30-16-31(32,17-30)18-30)19-28-7-10-29(11-8-28,12-9-28)26-35-25(36-39-26)21-5-6-21/h2-4,13-15,21H,5-12,16-19H2,1H3. The lowest BCUT2D eigenvalue weighted by atomic mass is 9.41. The van der Waals surface area contributed by atoms with Crippen LogP contribution in [0.1, 0.15) is 94.0 Å². The third-order valence-electron chi connectivity index (χ3n) is 10.6. The van der Waals surface area contributed by atoms with E-state index in [2.05, 4.69) is 21.2 Å². The average Bonchev–Trinajstić information content (AvgIpc) is 3.66. The van der Waals surface area contributed by atoms with Crippen LogP contribution in [0.5, 0.6) is 0 Å². The summed E-state index contributed by atoms with van der Waals surface area (Å²) in [6, 6.07) is 8.07. The van der Waals surface area contributed by atoms with E-state index in [-0.39, 0.29) is 16.7 Å². The number of aromatic nitrogens is 4. The number of anilines is 1. The number of benzene rings is 1. The molecule has 0 saturated heterocycles. The summed E-state index contributed by atoms with van der Waals surface area (Å²) in [5, 5.41) is 4.30. The largest absolute Gasteiger partial charge is 0.339 e. The predicted molar refractivity (Wildman–Crippen MR) is 143 cm³/mol. The third-order valence-corrected chi connectivity index (χ3v) is 10.6. The Morgan fingerprint density at radius 3 is 2.44 bits per heavy atom. The minimum atomic E-state index is -1.11. The quantitative estimate of drug-likeness (QED) is 0.362. The smallest absolute Gasteiger partial charge is 0.233 e. The molecule has 8 heteroatoms. The lowest BCUT2D eigenvalue weighted by Crippen LogP contribution is -2.71. The van der Waals surface area contributed by atoms with Crippen LogP contribution in [0.4, 0.5) is 10.1 Å². The van der Waals surface area contributed by atoms with Gasteiger partial charge in [-0.3, -0.25) is 14.8 Å². The lowest BCUT2D eigenvalue weighted by Gasteiger charge is -2.65. The van der Waals surface area contributed by atoms with Crippen molar-refractivity contribution in [3.05, 3.63) is 54.1 Å². The molecule has 10 rings (SSSR count). The fraction of sp³-hybridized carbons (Fsp3) is 0.581. The Labute approximate surface area is 227 Å². The number of nitrogens with zero attached hydrogens (tertiary/aromatic N) is 5. The molecule has 0 radical (unpaired) electrons. The van der Waals surface area contributed by atoms with E-state index < -0.39 is 11.1 Å². The zero-order chi connectivity index (χ0) is 26.5. The number of carbonyl (C=O) groups is 1. The molecule has 0 spiro atoms. The highest BCUT2D eigenvalue weighted by atomic mass is 19.1. The van der Waals surface area contributed by atoms with Gasteiger partial charge in [-0.15, -0.1) is 0 Å². The van der Waals surface area contributed by atoms with Crippen molar-refractivity contribution in [2.75, 3.05) is 11.4 Å². The van der Waals surface area contributed by atoms with E-state index in [0.29, 0.717) is 31.7 Å². The molecule has 7 aliphatic rings. The summed E-state index contributed by atoms with van der Waals surface area (Å²) < 4.78 is 20.3. The average molecular weight is 528 g/mol. The Morgan fingerprint density at radius 1 is 1.05 bits per heavy atom. The molecule has 7 nitrogen and oxygen atoms in total. The van der Waals surface area contributed by atoms with Gasteiger partial charge in [0.25, 0.3) is 0 Å². The molecule has 3 aromatic rings. The van der Waals surface area contributed by atoms with E-state index in [1.165, 1.54) is 12.8 Å². The van der Waals surface area contributed by atoms with Gasteiger partial charge in [0.2, 0.25) is 11.8 Å². The van der Waals surface area contributed by atoms with Crippen LogP contribution in [0.3, 0.4) is 0 Å². The maximum absolute atomic E-state index is 14.5. The van der Waals surface area contributed by atoms with Gasteiger partial charge in [-0.25, -0.2) is 4.39 Å². The van der Waals surface area contributed by atoms with Crippen molar-refractivity contribution in [3.63, 3.8) is 0 Å². The van der Waals surface area contributed by atoms with Gasteiger partial charge in [-0.05, 0) is 95.1 Å². The molecule has 1 amide bonds. The zero-order valence-corrected chi connectivity index (χ0v) is 22.5. The molecule has 2 aromatic heterocycles. The van der Waals surface area contributed by atoms with Gasteiger partial charge < -0.3 is 9.42 Å². The maximum atomic E-state index is 14.5. The van der Waals surface area contributed by atoms with Gasteiger partial charge in [0, 0.05) is 35.3 Å². The van der Waals surface area contributed by atoms with Crippen molar-refractivity contribution >= 4 is 11.6 Å². The summed E-state index contributed by atoms with van der Waals surface area (Å²) in [4.78, 5) is 29.9. The molecule has 7 fully saturated rings. The number of hydrogen-bond acceptors (Lipinski definition) is 6. The van der Waals surface area contributed by atoms with Crippen molar-refractivity contribution < 1.29 is 13.7 Å². The van der Waals surface area contributed by atoms with Gasteiger partial charge in [-0.2, -0.15) is 4.98 Å². The number of fused-ring (bicyclic) bond motifs is 3. The molecule has 202 valence electrons. The number of alkyl halides is 1. The second-order valence-electron chi connectivity index (χ2n) is 13.5. The van der Waals surface area contributed by atoms with Crippen LogP contribution in [0.25, 0.3) is 11.3 Å². The Kier molecular flexibility index (Phi) is 4.83. The number of rotatable bonds is 7. The molecule has 0 unspecified atom stereocenters. The monoisotopic (exact) mass is 527 g/mol. The molecule has 0 N–H and O–H groups in total. The number of hydrogen-bond donors (Lipinski definition) is 0. The Hall–Kier alpha value is -3.16. The number of amides is 1. The van der Waals surface area contributed by atoms with Gasteiger partial charge in [0.15, 0.2) is 5.82 Å². The van der Waals surface area contributed by atoms with Crippen LogP contribution in [0.2, 0.25) is 0 Å². The third kappa shape index (κ3) is 3.70.